The van der Waals surface area contributed by atoms with E-state index in [0.29, 0.717) is 28.6 Å². The van der Waals surface area contributed by atoms with Crippen LogP contribution in [0.3, 0.4) is 0 Å². The van der Waals surface area contributed by atoms with E-state index >= 15 is 0 Å². The van der Waals surface area contributed by atoms with Gasteiger partial charge in [0.2, 0.25) is 0 Å². The number of hydrogen-bond donors (Lipinski definition) is 0. The Morgan fingerprint density at radius 3 is 2.03 bits per heavy atom. The molecule has 1 amide bonds. The standard InChI is InChI=1S/C23H23ClN2O4S/c1-25(16-17-4-8-19(24)9-5-17)23(27)18-6-10-20(11-7-18)26(2)31(28,29)22-14-12-21(30-3)13-15-22/h4-15H,16H2,1-3H3. The number of benzene rings is 3. The van der Waals surface area contributed by atoms with Crippen LogP contribution < -0.4 is 9.04 Å². The van der Waals surface area contributed by atoms with Gasteiger partial charge in [-0.2, -0.15) is 0 Å². The maximum atomic E-state index is 12.9. The second kappa shape index (κ2) is 9.41. The molecule has 0 atom stereocenters. The number of ether oxygens (including phenoxy) is 1. The summed E-state index contributed by atoms with van der Waals surface area (Å²) in [7, 11) is 0.969. The number of methoxy groups -OCH3 is 1. The fraction of sp³-hybridized carbons (Fsp3) is 0.174. The van der Waals surface area contributed by atoms with Crippen molar-refractivity contribution in [1.82, 2.24) is 4.90 Å². The molecule has 162 valence electrons. The lowest BCUT2D eigenvalue weighted by molar-refractivity contribution is 0.0785. The number of rotatable bonds is 7. The van der Waals surface area contributed by atoms with E-state index in [0.717, 1.165) is 5.56 Å². The van der Waals surface area contributed by atoms with Gasteiger partial charge in [-0.05, 0) is 66.2 Å². The first-order valence-electron chi connectivity index (χ1n) is 9.45. The number of anilines is 1. The zero-order valence-corrected chi connectivity index (χ0v) is 19.0. The minimum Gasteiger partial charge on any atom is -0.497 e. The predicted molar refractivity (Wildman–Crippen MR) is 122 cm³/mol. The summed E-state index contributed by atoms with van der Waals surface area (Å²) in [6, 6.07) is 20.0. The third-order valence-electron chi connectivity index (χ3n) is 4.88. The number of sulfonamides is 1. The van der Waals surface area contributed by atoms with Crippen molar-refractivity contribution in [2.75, 3.05) is 25.5 Å². The fourth-order valence-corrected chi connectivity index (χ4v) is 4.34. The molecule has 0 saturated carbocycles. The van der Waals surface area contributed by atoms with E-state index in [4.69, 9.17) is 16.3 Å². The molecule has 0 saturated heterocycles. The minimum absolute atomic E-state index is 0.152. The van der Waals surface area contributed by atoms with Crippen molar-refractivity contribution >= 4 is 33.2 Å². The molecule has 0 heterocycles. The summed E-state index contributed by atoms with van der Waals surface area (Å²) in [6.07, 6.45) is 0. The van der Waals surface area contributed by atoms with E-state index in [2.05, 4.69) is 0 Å². The molecular weight excluding hydrogens is 436 g/mol. The molecule has 0 aliphatic heterocycles. The highest BCUT2D eigenvalue weighted by molar-refractivity contribution is 7.92. The number of halogens is 1. The Kier molecular flexibility index (Phi) is 6.87. The molecule has 3 rings (SSSR count). The van der Waals surface area contributed by atoms with Crippen LogP contribution in [0, 0.1) is 0 Å². The topological polar surface area (TPSA) is 66.9 Å². The lowest BCUT2D eigenvalue weighted by atomic mass is 10.1. The van der Waals surface area contributed by atoms with E-state index in [1.54, 1.807) is 60.5 Å². The van der Waals surface area contributed by atoms with Gasteiger partial charge in [0.05, 0.1) is 17.7 Å². The van der Waals surface area contributed by atoms with E-state index in [1.165, 1.54) is 30.6 Å². The van der Waals surface area contributed by atoms with Crippen LogP contribution >= 0.6 is 11.6 Å². The van der Waals surface area contributed by atoms with Crippen LogP contribution in [0.25, 0.3) is 0 Å². The van der Waals surface area contributed by atoms with Gasteiger partial charge in [-0.3, -0.25) is 9.10 Å². The largest absolute Gasteiger partial charge is 0.497 e. The van der Waals surface area contributed by atoms with Crippen molar-refractivity contribution < 1.29 is 17.9 Å². The molecule has 8 heteroatoms. The summed E-state index contributed by atoms with van der Waals surface area (Å²) in [4.78, 5) is 14.5. The lowest BCUT2D eigenvalue weighted by Gasteiger charge is -2.21. The molecular formula is C23H23ClN2O4S. The van der Waals surface area contributed by atoms with Gasteiger partial charge in [0, 0.05) is 31.2 Å². The summed E-state index contributed by atoms with van der Waals surface area (Å²) < 4.78 is 32.0. The Morgan fingerprint density at radius 2 is 1.48 bits per heavy atom. The quantitative estimate of drug-likeness (QED) is 0.524. The van der Waals surface area contributed by atoms with Gasteiger partial charge >= 0.3 is 0 Å². The maximum absolute atomic E-state index is 12.9. The number of hydrogen-bond acceptors (Lipinski definition) is 4. The van der Waals surface area contributed by atoms with Gasteiger partial charge < -0.3 is 9.64 Å². The average Bonchev–Trinajstić information content (AvgIpc) is 2.79. The molecule has 0 bridgehead atoms. The molecule has 0 spiro atoms. The van der Waals surface area contributed by atoms with Gasteiger partial charge in [-0.25, -0.2) is 8.42 Å². The van der Waals surface area contributed by atoms with Gasteiger partial charge in [-0.1, -0.05) is 23.7 Å². The number of carbonyl (C=O) groups excluding carboxylic acids is 1. The van der Waals surface area contributed by atoms with Crippen molar-refractivity contribution in [3.8, 4) is 5.75 Å². The Bertz CT molecular complexity index is 1150. The second-order valence-corrected chi connectivity index (χ2v) is 9.39. The first-order valence-corrected chi connectivity index (χ1v) is 11.3. The van der Waals surface area contributed by atoms with Crippen LogP contribution in [0.1, 0.15) is 15.9 Å². The molecule has 0 aliphatic rings. The summed E-state index contributed by atoms with van der Waals surface area (Å²) in [5.41, 5.74) is 1.88. The summed E-state index contributed by atoms with van der Waals surface area (Å²) in [5, 5.41) is 0.641. The van der Waals surface area contributed by atoms with E-state index in [1.807, 2.05) is 12.1 Å². The van der Waals surface area contributed by atoms with Gasteiger partial charge in [0.25, 0.3) is 15.9 Å². The van der Waals surface area contributed by atoms with Crippen molar-refractivity contribution in [1.29, 1.82) is 0 Å². The molecule has 31 heavy (non-hydrogen) atoms. The molecule has 3 aromatic rings. The predicted octanol–water partition coefficient (Wildman–Crippen LogP) is 4.45. The summed E-state index contributed by atoms with van der Waals surface area (Å²) in [5.74, 6) is 0.411. The normalized spacial score (nSPS) is 11.1. The van der Waals surface area contributed by atoms with Crippen LogP contribution in [-0.4, -0.2) is 40.4 Å². The van der Waals surface area contributed by atoms with E-state index in [-0.39, 0.29) is 10.8 Å². The molecule has 0 aliphatic carbocycles. The van der Waals surface area contributed by atoms with Crippen LogP contribution in [0.5, 0.6) is 5.75 Å². The summed E-state index contributed by atoms with van der Waals surface area (Å²) >= 11 is 5.90. The molecule has 0 N–H and O–H groups in total. The second-order valence-electron chi connectivity index (χ2n) is 6.98. The van der Waals surface area contributed by atoms with Gasteiger partial charge in [-0.15, -0.1) is 0 Å². The van der Waals surface area contributed by atoms with Crippen LogP contribution in [-0.2, 0) is 16.6 Å². The third-order valence-corrected chi connectivity index (χ3v) is 6.93. The SMILES string of the molecule is COc1ccc(S(=O)(=O)N(C)c2ccc(C(=O)N(C)Cc3ccc(Cl)cc3)cc2)cc1. The van der Waals surface area contributed by atoms with Crippen molar-refractivity contribution in [3.05, 3.63) is 88.9 Å². The number of nitrogens with zero attached hydrogens (tertiary/aromatic N) is 2. The highest BCUT2D eigenvalue weighted by atomic mass is 35.5. The highest BCUT2D eigenvalue weighted by Crippen LogP contribution is 2.24. The van der Waals surface area contributed by atoms with E-state index in [9.17, 15) is 13.2 Å². The minimum atomic E-state index is -3.74. The summed E-state index contributed by atoms with van der Waals surface area (Å²) in [6.45, 7) is 0.434. The van der Waals surface area contributed by atoms with Gasteiger partial charge in [0.1, 0.15) is 5.75 Å². The average molecular weight is 459 g/mol. The molecule has 0 unspecified atom stereocenters. The first-order chi connectivity index (χ1) is 14.7. The van der Waals surface area contributed by atoms with Gasteiger partial charge in [0.15, 0.2) is 0 Å². The Labute approximate surface area is 187 Å². The smallest absolute Gasteiger partial charge is 0.264 e. The van der Waals surface area contributed by atoms with E-state index < -0.39 is 10.0 Å². The molecule has 0 aromatic heterocycles. The number of amides is 1. The van der Waals surface area contributed by atoms with Crippen LogP contribution in [0.2, 0.25) is 5.02 Å². The lowest BCUT2D eigenvalue weighted by Crippen LogP contribution is -2.27. The first kappa shape index (κ1) is 22.7. The third kappa shape index (κ3) is 5.18. The monoisotopic (exact) mass is 458 g/mol. The Hall–Kier alpha value is -3.03. The fourth-order valence-electron chi connectivity index (χ4n) is 3.01. The maximum Gasteiger partial charge on any atom is 0.264 e. The van der Waals surface area contributed by atoms with Crippen molar-refractivity contribution in [2.45, 2.75) is 11.4 Å². The van der Waals surface area contributed by atoms with Crippen LogP contribution in [0.15, 0.2) is 77.7 Å². The molecule has 6 nitrogen and oxygen atoms in total. The zero-order chi connectivity index (χ0) is 22.6. The molecule has 0 fully saturated rings. The highest BCUT2D eigenvalue weighted by Gasteiger charge is 2.22. The van der Waals surface area contributed by atoms with Crippen molar-refractivity contribution in [3.63, 3.8) is 0 Å². The molecule has 0 radical (unpaired) electrons. The molecule has 3 aromatic carbocycles. The van der Waals surface area contributed by atoms with Crippen molar-refractivity contribution in [2.24, 2.45) is 0 Å². The Balaban J connectivity index is 1.73. The number of carbonyl (C=O) groups is 1. The zero-order valence-electron chi connectivity index (χ0n) is 17.4. The van der Waals surface area contributed by atoms with Crippen LogP contribution in [0.4, 0.5) is 5.69 Å². The Morgan fingerprint density at radius 1 is 0.903 bits per heavy atom.